The summed E-state index contributed by atoms with van der Waals surface area (Å²) < 4.78 is 5.09. The van der Waals surface area contributed by atoms with Crippen LogP contribution in [0.2, 0.25) is 0 Å². The lowest BCUT2D eigenvalue weighted by molar-refractivity contribution is -0.393. The van der Waals surface area contributed by atoms with Gasteiger partial charge in [-0.2, -0.15) is 0 Å². The molecule has 9 heteroatoms. The standard InChI is InChI=1S/C18H19N3O6/c1-2-27-18(22)14(10-13-6-4-3-5-7-13)12-19-16-9-8-15(20(23)24)11-17(16)21(25)26/h3-9,11,14,19H,2,10,12H2,1H3. The Labute approximate surface area is 155 Å². The van der Waals surface area contributed by atoms with E-state index in [0.29, 0.717) is 6.42 Å². The summed E-state index contributed by atoms with van der Waals surface area (Å²) in [5.41, 5.74) is 0.230. The number of nitrogens with one attached hydrogen (secondary N) is 1. The number of anilines is 1. The van der Waals surface area contributed by atoms with Gasteiger partial charge >= 0.3 is 5.97 Å². The normalized spacial score (nSPS) is 11.4. The average Bonchev–Trinajstić information content (AvgIpc) is 2.65. The number of nitro groups is 2. The third-order valence-electron chi connectivity index (χ3n) is 3.87. The Morgan fingerprint density at radius 3 is 2.41 bits per heavy atom. The molecule has 1 atom stereocenters. The van der Waals surface area contributed by atoms with Crippen LogP contribution in [0.25, 0.3) is 0 Å². The molecule has 0 fully saturated rings. The molecule has 9 nitrogen and oxygen atoms in total. The number of carbonyl (C=O) groups is 1. The number of hydrogen-bond acceptors (Lipinski definition) is 7. The molecular formula is C18H19N3O6. The van der Waals surface area contributed by atoms with E-state index in [1.54, 1.807) is 6.92 Å². The van der Waals surface area contributed by atoms with Crippen LogP contribution in [0.15, 0.2) is 48.5 Å². The van der Waals surface area contributed by atoms with Gasteiger partial charge in [0.2, 0.25) is 0 Å². The first-order valence-corrected chi connectivity index (χ1v) is 8.29. The lowest BCUT2D eigenvalue weighted by Crippen LogP contribution is -2.27. The number of nitrogens with zero attached hydrogens (tertiary/aromatic N) is 2. The van der Waals surface area contributed by atoms with Crippen LogP contribution in [0.4, 0.5) is 17.1 Å². The maximum absolute atomic E-state index is 12.2. The van der Waals surface area contributed by atoms with Crippen molar-refractivity contribution in [2.45, 2.75) is 13.3 Å². The molecule has 0 aliphatic carbocycles. The zero-order chi connectivity index (χ0) is 19.8. The first kappa shape index (κ1) is 19.8. The second kappa shape index (κ2) is 9.27. The minimum atomic E-state index is -0.702. The van der Waals surface area contributed by atoms with Gasteiger partial charge in [-0.25, -0.2) is 0 Å². The largest absolute Gasteiger partial charge is 0.466 e. The summed E-state index contributed by atoms with van der Waals surface area (Å²) in [6, 6.07) is 12.6. The molecule has 0 spiro atoms. The fourth-order valence-electron chi connectivity index (χ4n) is 2.56. The maximum atomic E-state index is 12.2. The fourth-order valence-corrected chi connectivity index (χ4v) is 2.56. The fraction of sp³-hybridized carbons (Fsp3) is 0.278. The Morgan fingerprint density at radius 1 is 1.11 bits per heavy atom. The quantitative estimate of drug-likeness (QED) is 0.406. The van der Waals surface area contributed by atoms with E-state index in [-0.39, 0.29) is 24.5 Å². The number of carbonyl (C=O) groups excluding carboxylic acids is 1. The number of ether oxygens (including phenoxy) is 1. The zero-order valence-electron chi connectivity index (χ0n) is 14.7. The van der Waals surface area contributed by atoms with Gasteiger partial charge in [-0.05, 0) is 25.0 Å². The molecule has 1 N–H and O–H groups in total. The summed E-state index contributed by atoms with van der Waals surface area (Å²) in [7, 11) is 0. The van der Waals surface area contributed by atoms with Crippen molar-refractivity contribution in [3.8, 4) is 0 Å². The summed E-state index contributed by atoms with van der Waals surface area (Å²) in [4.78, 5) is 32.9. The average molecular weight is 373 g/mol. The van der Waals surface area contributed by atoms with Gasteiger partial charge in [-0.3, -0.25) is 25.0 Å². The first-order chi connectivity index (χ1) is 12.9. The Bertz CT molecular complexity index is 825. The van der Waals surface area contributed by atoms with Gasteiger partial charge < -0.3 is 10.1 Å². The molecule has 0 radical (unpaired) electrons. The number of rotatable bonds is 9. The Morgan fingerprint density at radius 2 is 1.81 bits per heavy atom. The first-order valence-electron chi connectivity index (χ1n) is 8.29. The van der Waals surface area contributed by atoms with E-state index in [2.05, 4.69) is 5.32 Å². The molecule has 0 amide bonds. The van der Waals surface area contributed by atoms with Crippen LogP contribution in [0.5, 0.6) is 0 Å². The van der Waals surface area contributed by atoms with E-state index in [0.717, 1.165) is 11.6 Å². The van der Waals surface area contributed by atoms with Gasteiger partial charge in [-0.1, -0.05) is 30.3 Å². The van der Waals surface area contributed by atoms with E-state index < -0.39 is 27.4 Å². The molecular weight excluding hydrogens is 354 g/mol. The Hall–Kier alpha value is -3.49. The third kappa shape index (κ3) is 5.50. The van der Waals surface area contributed by atoms with Gasteiger partial charge in [0, 0.05) is 12.6 Å². The molecule has 2 aromatic rings. The van der Waals surface area contributed by atoms with Crippen molar-refractivity contribution in [3.63, 3.8) is 0 Å². The van der Waals surface area contributed by atoms with Crippen molar-refractivity contribution in [1.29, 1.82) is 0 Å². The topological polar surface area (TPSA) is 125 Å². The highest BCUT2D eigenvalue weighted by atomic mass is 16.6. The lowest BCUT2D eigenvalue weighted by atomic mass is 9.99. The predicted octanol–water partition coefficient (Wildman–Crippen LogP) is 3.34. The highest BCUT2D eigenvalue weighted by Gasteiger charge is 2.23. The summed E-state index contributed by atoms with van der Waals surface area (Å²) in [6.07, 6.45) is 0.396. The van der Waals surface area contributed by atoms with Crippen molar-refractivity contribution >= 4 is 23.0 Å². The smallest absolute Gasteiger partial charge is 0.311 e. The van der Waals surface area contributed by atoms with Crippen molar-refractivity contribution in [2.75, 3.05) is 18.5 Å². The highest BCUT2D eigenvalue weighted by molar-refractivity contribution is 5.74. The van der Waals surface area contributed by atoms with Crippen LogP contribution in [0.3, 0.4) is 0 Å². The van der Waals surface area contributed by atoms with E-state index >= 15 is 0 Å². The van der Waals surface area contributed by atoms with E-state index in [4.69, 9.17) is 4.74 Å². The number of nitro benzene ring substituents is 2. The molecule has 0 saturated carbocycles. The molecule has 0 aliphatic heterocycles. The summed E-state index contributed by atoms with van der Waals surface area (Å²) >= 11 is 0. The van der Waals surface area contributed by atoms with Crippen LogP contribution in [-0.2, 0) is 16.0 Å². The molecule has 2 aromatic carbocycles. The minimum absolute atomic E-state index is 0.0897. The number of benzene rings is 2. The molecule has 0 saturated heterocycles. The van der Waals surface area contributed by atoms with Crippen LogP contribution in [-0.4, -0.2) is 29.0 Å². The third-order valence-corrected chi connectivity index (χ3v) is 3.87. The van der Waals surface area contributed by atoms with Crippen molar-refractivity contribution < 1.29 is 19.4 Å². The zero-order valence-corrected chi connectivity index (χ0v) is 14.7. The van der Waals surface area contributed by atoms with Crippen LogP contribution in [0.1, 0.15) is 12.5 Å². The lowest BCUT2D eigenvalue weighted by Gasteiger charge is -2.17. The molecule has 27 heavy (non-hydrogen) atoms. The van der Waals surface area contributed by atoms with E-state index in [9.17, 15) is 25.0 Å². The summed E-state index contributed by atoms with van der Waals surface area (Å²) in [6.45, 7) is 2.01. The van der Waals surface area contributed by atoms with Crippen molar-refractivity contribution in [3.05, 3.63) is 74.3 Å². The maximum Gasteiger partial charge on any atom is 0.311 e. The predicted molar refractivity (Wildman–Crippen MR) is 98.5 cm³/mol. The Kier molecular flexibility index (Phi) is 6.81. The SMILES string of the molecule is CCOC(=O)C(CNc1ccc([N+](=O)[O-])cc1[N+](=O)[O-])Cc1ccccc1. The van der Waals surface area contributed by atoms with Crippen LogP contribution < -0.4 is 5.32 Å². The van der Waals surface area contributed by atoms with Crippen molar-refractivity contribution in [1.82, 2.24) is 0 Å². The molecule has 0 aliphatic rings. The van der Waals surface area contributed by atoms with E-state index in [1.807, 2.05) is 30.3 Å². The molecule has 142 valence electrons. The molecule has 2 rings (SSSR count). The van der Waals surface area contributed by atoms with Gasteiger partial charge in [0.15, 0.2) is 0 Å². The summed E-state index contributed by atoms with van der Waals surface area (Å²) in [5.74, 6) is -0.986. The number of hydrogen-bond donors (Lipinski definition) is 1. The van der Waals surface area contributed by atoms with Crippen molar-refractivity contribution in [2.24, 2.45) is 5.92 Å². The number of esters is 1. The van der Waals surface area contributed by atoms with Gasteiger partial charge in [0.25, 0.3) is 11.4 Å². The van der Waals surface area contributed by atoms with Gasteiger partial charge in [-0.15, -0.1) is 0 Å². The second-order valence-electron chi connectivity index (χ2n) is 5.74. The number of non-ortho nitro benzene ring substituents is 1. The second-order valence-corrected chi connectivity index (χ2v) is 5.74. The Balaban J connectivity index is 2.19. The minimum Gasteiger partial charge on any atom is -0.466 e. The summed E-state index contributed by atoms with van der Waals surface area (Å²) in [5, 5.41) is 24.9. The van der Waals surface area contributed by atoms with E-state index in [1.165, 1.54) is 12.1 Å². The molecule has 0 aromatic heterocycles. The van der Waals surface area contributed by atoms with Crippen LogP contribution in [0, 0.1) is 26.1 Å². The highest BCUT2D eigenvalue weighted by Crippen LogP contribution is 2.29. The van der Waals surface area contributed by atoms with Gasteiger partial charge in [0.05, 0.1) is 28.4 Å². The monoisotopic (exact) mass is 373 g/mol. The van der Waals surface area contributed by atoms with Gasteiger partial charge in [0.1, 0.15) is 5.69 Å². The van der Waals surface area contributed by atoms with Crippen LogP contribution >= 0.6 is 0 Å². The molecule has 0 heterocycles. The molecule has 0 bridgehead atoms. The molecule has 1 unspecified atom stereocenters.